The van der Waals surface area contributed by atoms with Gasteiger partial charge in [0.15, 0.2) is 5.65 Å². The number of rotatable bonds is 4. The van der Waals surface area contributed by atoms with Crippen LogP contribution in [0.4, 0.5) is 0 Å². The van der Waals surface area contributed by atoms with E-state index in [4.69, 9.17) is 5.10 Å². The van der Waals surface area contributed by atoms with E-state index in [1.54, 1.807) is 28.7 Å². The van der Waals surface area contributed by atoms with E-state index < -0.39 is 0 Å². The number of aryl methyl sites for hydroxylation is 1. The van der Waals surface area contributed by atoms with E-state index in [0.29, 0.717) is 0 Å². The number of pyridine rings is 1. The second-order valence-electron chi connectivity index (χ2n) is 5.48. The molecule has 0 saturated carbocycles. The highest BCUT2D eigenvalue weighted by Crippen LogP contribution is 2.23. The number of fused-ring (bicyclic) bond motifs is 1. The SMILES string of the molecule is Cc1ccc(-c2ccc3nnc(SCc4ccncc4)n3n2)cc1. The van der Waals surface area contributed by atoms with Gasteiger partial charge in [-0.15, -0.1) is 10.2 Å². The lowest BCUT2D eigenvalue weighted by Gasteiger charge is -2.04. The Kier molecular flexibility index (Phi) is 3.96. The van der Waals surface area contributed by atoms with E-state index in [9.17, 15) is 0 Å². The van der Waals surface area contributed by atoms with Crippen LogP contribution in [0.5, 0.6) is 0 Å². The van der Waals surface area contributed by atoms with E-state index in [2.05, 4.69) is 46.4 Å². The van der Waals surface area contributed by atoms with Crippen molar-refractivity contribution in [2.75, 3.05) is 0 Å². The van der Waals surface area contributed by atoms with Gasteiger partial charge in [0, 0.05) is 23.7 Å². The first-order chi connectivity index (χ1) is 11.8. The summed E-state index contributed by atoms with van der Waals surface area (Å²) in [4.78, 5) is 4.04. The van der Waals surface area contributed by atoms with E-state index >= 15 is 0 Å². The fourth-order valence-corrected chi connectivity index (χ4v) is 3.21. The largest absolute Gasteiger partial charge is 0.265 e. The van der Waals surface area contributed by atoms with Crippen molar-refractivity contribution in [2.24, 2.45) is 0 Å². The van der Waals surface area contributed by atoms with Gasteiger partial charge in [0.2, 0.25) is 5.16 Å². The van der Waals surface area contributed by atoms with Crippen molar-refractivity contribution in [3.8, 4) is 11.3 Å². The summed E-state index contributed by atoms with van der Waals surface area (Å²) in [5.41, 5.74) is 5.18. The zero-order valence-corrected chi connectivity index (χ0v) is 13.9. The number of hydrogen-bond donors (Lipinski definition) is 0. The van der Waals surface area contributed by atoms with Gasteiger partial charge < -0.3 is 0 Å². The Morgan fingerprint density at radius 2 is 1.71 bits per heavy atom. The Balaban J connectivity index is 1.64. The minimum atomic E-state index is 0.753. The predicted molar refractivity (Wildman–Crippen MR) is 94.8 cm³/mol. The van der Waals surface area contributed by atoms with Crippen molar-refractivity contribution >= 4 is 17.4 Å². The van der Waals surface area contributed by atoms with Gasteiger partial charge in [0.1, 0.15) is 0 Å². The Morgan fingerprint density at radius 1 is 0.917 bits per heavy atom. The average Bonchev–Trinajstić information content (AvgIpc) is 3.04. The zero-order chi connectivity index (χ0) is 16.4. The summed E-state index contributed by atoms with van der Waals surface area (Å²) in [6.45, 7) is 2.08. The molecule has 0 radical (unpaired) electrons. The lowest BCUT2D eigenvalue weighted by Crippen LogP contribution is -1.96. The topological polar surface area (TPSA) is 56.0 Å². The van der Waals surface area contributed by atoms with E-state index in [1.165, 1.54) is 11.1 Å². The van der Waals surface area contributed by atoms with Gasteiger partial charge in [-0.2, -0.15) is 9.61 Å². The molecule has 0 atom stereocenters. The smallest absolute Gasteiger partial charge is 0.212 e. The number of benzene rings is 1. The van der Waals surface area contributed by atoms with Crippen LogP contribution in [0.1, 0.15) is 11.1 Å². The van der Waals surface area contributed by atoms with E-state index in [-0.39, 0.29) is 0 Å². The predicted octanol–water partition coefficient (Wildman–Crippen LogP) is 3.79. The second-order valence-corrected chi connectivity index (χ2v) is 6.42. The maximum atomic E-state index is 4.71. The van der Waals surface area contributed by atoms with Crippen LogP contribution in [0.2, 0.25) is 0 Å². The van der Waals surface area contributed by atoms with Crippen molar-refractivity contribution in [1.82, 2.24) is 24.8 Å². The van der Waals surface area contributed by atoms with Gasteiger partial charge in [0.05, 0.1) is 5.69 Å². The quantitative estimate of drug-likeness (QED) is 0.532. The number of nitrogens with zero attached hydrogens (tertiary/aromatic N) is 5. The van der Waals surface area contributed by atoms with Crippen molar-refractivity contribution in [3.63, 3.8) is 0 Å². The normalized spacial score (nSPS) is 11.0. The molecule has 24 heavy (non-hydrogen) atoms. The van der Waals surface area contributed by atoms with Gasteiger partial charge in [-0.25, -0.2) is 0 Å². The summed E-state index contributed by atoms with van der Waals surface area (Å²) < 4.78 is 1.81. The fourth-order valence-electron chi connectivity index (χ4n) is 2.36. The first-order valence-electron chi connectivity index (χ1n) is 7.61. The minimum absolute atomic E-state index is 0.753. The molecular formula is C18H15N5S. The van der Waals surface area contributed by atoms with Crippen LogP contribution in [0, 0.1) is 6.92 Å². The Bertz CT molecular complexity index is 964. The lowest BCUT2D eigenvalue weighted by atomic mass is 10.1. The highest BCUT2D eigenvalue weighted by molar-refractivity contribution is 7.98. The summed E-state index contributed by atoms with van der Waals surface area (Å²) >= 11 is 1.62. The van der Waals surface area contributed by atoms with Crippen LogP contribution in [0.25, 0.3) is 16.9 Å². The molecule has 0 aliphatic carbocycles. The molecule has 3 heterocycles. The van der Waals surface area contributed by atoms with Gasteiger partial charge >= 0.3 is 0 Å². The summed E-state index contributed by atoms with van der Waals surface area (Å²) in [6.07, 6.45) is 3.59. The molecule has 0 unspecified atom stereocenters. The summed E-state index contributed by atoms with van der Waals surface area (Å²) in [6, 6.07) is 16.3. The molecule has 4 aromatic rings. The monoisotopic (exact) mass is 333 g/mol. The molecular weight excluding hydrogens is 318 g/mol. The number of thioether (sulfide) groups is 1. The molecule has 0 fully saturated rings. The molecule has 0 aliphatic heterocycles. The molecule has 0 spiro atoms. The molecule has 0 bridgehead atoms. The number of aromatic nitrogens is 5. The van der Waals surface area contributed by atoms with Crippen LogP contribution in [-0.4, -0.2) is 24.8 Å². The average molecular weight is 333 g/mol. The molecule has 1 aromatic carbocycles. The van der Waals surface area contributed by atoms with Crippen molar-refractivity contribution in [3.05, 3.63) is 72.1 Å². The van der Waals surface area contributed by atoms with Crippen LogP contribution in [-0.2, 0) is 5.75 Å². The fraction of sp³-hybridized carbons (Fsp3) is 0.111. The minimum Gasteiger partial charge on any atom is -0.265 e. The molecule has 3 aromatic heterocycles. The molecule has 0 aliphatic rings. The summed E-state index contributed by atoms with van der Waals surface area (Å²) in [7, 11) is 0. The first-order valence-corrected chi connectivity index (χ1v) is 8.59. The molecule has 4 rings (SSSR count). The second kappa shape index (κ2) is 6.41. The standard InChI is InChI=1S/C18H15N5S/c1-13-2-4-15(5-3-13)16-6-7-17-20-21-18(23(17)22-16)24-12-14-8-10-19-11-9-14/h2-11H,12H2,1H3. The molecule has 0 N–H and O–H groups in total. The third kappa shape index (κ3) is 3.00. The summed E-state index contributed by atoms with van der Waals surface area (Å²) in [5.74, 6) is 0.805. The highest BCUT2D eigenvalue weighted by Gasteiger charge is 2.09. The molecule has 0 amide bonds. The Morgan fingerprint density at radius 3 is 2.50 bits per heavy atom. The molecule has 6 heteroatoms. The third-order valence-electron chi connectivity index (χ3n) is 3.70. The van der Waals surface area contributed by atoms with Crippen LogP contribution in [0.15, 0.2) is 66.1 Å². The molecule has 5 nitrogen and oxygen atoms in total. The third-order valence-corrected chi connectivity index (χ3v) is 4.69. The van der Waals surface area contributed by atoms with E-state index in [1.807, 2.05) is 24.3 Å². The van der Waals surface area contributed by atoms with Crippen molar-refractivity contribution in [2.45, 2.75) is 17.8 Å². The molecule has 0 saturated heterocycles. The maximum Gasteiger partial charge on any atom is 0.212 e. The summed E-state index contributed by atoms with van der Waals surface area (Å²) in [5, 5.41) is 13.9. The first kappa shape index (κ1) is 14.8. The zero-order valence-electron chi connectivity index (χ0n) is 13.1. The van der Waals surface area contributed by atoms with Gasteiger partial charge in [0.25, 0.3) is 0 Å². The van der Waals surface area contributed by atoms with Crippen LogP contribution < -0.4 is 0 Å². The number of hydrogen-bond acceptors (Lipinski definition) is 5. The Hall–Kier alpha value is -2.73. The molecule has 118 valence electrons. The lowest BCUT2D eigenvalue weighted by molar-refractivity contribution is 0.813. The highest BCUT2D eigenvalue weighted by atomic mass is 32.2. The van der Waals surface area contributed by atoms with Crippen LogP contribution in [0.3, 0.4) is 0 Å². The van der Waals surface area contributed by atoms with Gasteiger partial charge in [-0.1, -0.05) is 41.6 Å². The van der Waals surface area contributed by atoms with Gasteiger partial charge in [-0.05, 0) is 36.8 Å². The maximum absolute atomic E-state index is 4.71. The van der Waals surface area contributed by atoms with Crippen molar-refractivity contribution in [1.29, 1.82) is 0 Å². The van der Waals surface area contributed by atoms with Gasteiger partial charge in [-0.3, -0.25) is 4.98 Å². The Labute approximate surface area is 143 Å². The van der Waals surface area contributed by atoms with Crippen molar-refractivity contribution < 1.29 is 0 Å². The van der Waals surface area contributed by atoms with Crippen LogP contribution >= 0.6 is 11.8 Å². The van der Waals surface area contributed by atoms with E-state index in [0.717, 1.165) is 27.8 Å².